The molecule has 1 saturated heterocycles. The van der Waals surface area contributed by atoms with E-state index in [0.717, 1.165) is 70.3 Å². The van der Waals surface area contributed by atoms with Gasteiger partial charge in [0.05, 0.1) is 6.54 Å². The molecular weight excluding hydrogens is 372 g/mol. The van der Waals surface area contributed by atoms with Crippen molar-refractivity contribution in [3.05, 3.63) is 29.8 Å². The number of amides is 1. The Hall–Kier alpha value is -2.32. The molecule has 0 aliphatic carbocycles. The number of nitrogens with one attached hydrogen (secondary N) is 2. The van der Waals surface area contributed by atoms with Gasteiger partial charge < -0.3 is 30.6 Å². The van der Waals surface area contributed by atoms with Crippen LogP contribution >= 0.6 is 0 Å². The first-order chi connectivity index (χ1) is 14.2. The van der Waals surface area contributed by atoms with Crippen molar-refractivity contribution in [1.82, 2.24) is 10.6 Å². The summed E-state index contributed by atoms with van der Waals surface area (Å²) in [6, 6.07) is 7.49. The molecule has 162 valence electrons. The third kappa shape index (κ3) is 10.1. The standard InChI is InChI=1S/C21H34N4O4/c1-2-23-21(24-9-4-10-28-15-17-7-11-27-12-8-17)25-14-18-5-3-6-19(13-18)29-16-20(22)26/h3,5-6,13,17H,2,4,7-12,14-16H2,1H3,(H2,22,26)(H2,23,24,25). The third-order valence-electron chi connectivity index (χ3n) is 4.50. The normalized spacial score (nSPS) is 15.1. The Kier molecular flexibility index (Phi) is 10.9. The van der Waals surface area contributed by atoms with E-state index in [1.807, 2.05) is 25.1 Å². The number of hydrogen-bond acceptors (Lipinski definition) is 5. The number of carbonyl (C=O) groups excluding carboxylic acids is 1. The SMILES string of the molecule is CCNC(=NCc1cccc(OCC(N)=O)c1)NCCCOCC1CCOCC1. The van der Waals surface area contributed by atoms with Crippen LogP contribution in [0.1, 0.15) is 31.7 Å². The molecule has 4 N–H and O–H groups in total. The lowest BCUT2D eigenvalue weighted by Crippen LogP contribution is -2.38. The monoisotopic (exact) mass is 406 g/mol. The number of benzene rings is 1. The number of nitrogens with two attached hydrogens (primary N) is 1. The van der Waals surface area contributed by atoms with E-state index < -0.39 is 5.91 Å². The molecule has 0 bridgehead atoms. The Labute approximate surface area is 173 Å². The number of primary amides is 1. The smallest absolute Gasteiger partial charge is 0.255 e. The van der Waals surface area contributed by atoms with E-state index in [1.165, 1.54) is 0 Å². The fourth-order valence-corrected chi connectivity index (χ4v) is 2.94. The molecular formula is C21H34N4O4. The summed E-state index contributed by atoms with van der Waals surface area (Å²) in [5, 5.41) is 6.57. The minimum absolute atomic E-state index is 0.131. The van der Waals surface area contributed by atoms with Gasteiger partial charge in [-0.2, -0.15) is 0 Å². The van der Waals surface area contributed by atoms with Gasteiger partial charge in [0.15, 0.2) is 12.6 Å². The van der Waals surface area contributed by atoms with Gasteiger partial charge in [-0.05, 0) is 49.8 Å². The van der Waals surface area contributed by atoms with Crippen LogP contribution in [0.15, 0.2) is 29.3 Å². The highest BCUT2D eigenvalue weighted by Gasteiger charge is 2.13. The van der Waals surface area contributed by atoms with Crippen LogP contribution in [0.3, 0.4) is 0 Å². The Balaban J connectivity index is 1.69. The van der Waals surface area contributed by atoms with Gasteiger partial charge in [-0.1, -0.05) is 12.1 Å². The summed E-state index contributed by atoms with van der Waals surface area (Å²) >= 11 is 0. The van der Waals surface area contributed by atoms with Crippen molar-refractivity contribution in [3.8, 4) is 5.75 Å². The zero-order valence-corrected chi connectivity index (χ0v) is 17.3. The maximum atomic E-state index is 10.8. The van der Waals surface area contributed by atoms with Gasteiger partial charge in [0.25, 0.3) is 5.91 Å². The van der Waals surface area contributed by atoms with Crippen LogP contribution in [0, 0.1) is 5.92 Å². The maximum Gasteiger partial charge on any atom is 0.255 e. The fourth-order valence-electron chi connectivity index (χ4n) is 2.94. The quantitative estimate of drug-likeness (QED) is 0.275. The zero-order valence-electron chi connectivity index (χ0n) is 17.3. The fraction of sp³-hybridized carbons (Fsp3) is 0.619. The van der Waals surface area contributed by atoms with Crippen molar-refractivity contribution in [3.63, 3.8) is 0 Å². The van der Waals surface area contributed by atoms with E-state index in [9.17, 15) is 4.79 Å². The molecule has 0 unspecified atom stereocenters. The highest BCUT2D eigenvalue weighted by molar-refractivity contribution is 5.79. The van der Waals surface area contributed by atoms with E-state index in [4.69, 9.17) is 19.9 Å². The van der Waals surface area contributed by atoms with Crippen molar-refractivity contribution in [2.24, 2.45) is 16.6 Å². The van der Waals surface area contributed by atoms with E-state index in [1.54, 1.807) is 6.07 Å². The van der Waals surface area contributed by atoms with Crippen molar-refractivity contribution < 1.29 is 19.0 Å². The molecule has 0 aromatic heterocycles. The second-order valence-corrected chi connectivity index (χ2v) is 7.01. The van der Waals surface area contributed by atoms with Crippen molar-refractivity contribution in [2.45, 2.75) is 32.7 Å². The van der Waals surface area contributed by atoms with E-state index in [-0.39, 0.29) is 6.61 Å². The van der Waals surface area contributed by atoms with Gasteiger partial charge in [-0.15, -0.1) is 0 Å². The van der Waals surface area contributed by atoms with Gasteiger partial charge >= 0.3 is 0 Å². The summed E-state index contributed by atoms with van der Waals surface area (Å²) < 4.78 is 16.5. The van der Waals surface area contributed by atoms with Gasteiger partial charge in [-0.3, -0.25) is 4.79 Å². The highest BCUT2D eigenvalue weighted by atomic mass is 16.5. The Bertz CT molecular complexity index is 633. The number of nitrogens with zero attached hydrogens (tertiary/aromatic N) is 1. The van der Waals surface area contributed by atoms with Gasteiger partial charge in [0, 0.05) is 39.5 Å². The summed E-state index contributed by atoms with van der Waals surface area (Å²) in [6.07, 6.45) is 3.12. The van der Waals surface area contributed by atoms with Crippen molar-refractivity contribution in [2.75, 3.05) is 46.1 Å². The van der Waals surface area contributed by atoms with Crippen LogP contribution in [0.25, 0.3) is 0 Å². The number of rotatable bonds is 12. The predicted octanol–water partition coefficient (Wildman–Crippen LogP) is 1.44. The van der Waals surface area contributed by atoms with E-state index in [0.29, 0.717) is 18.2 Å². The lowest BCUT2D eigenvalue weighted by atomic mass is 10.0. The molecule has 0 saturated carbocycles. The molecule has 1 amide bonds. The van der Waals surface area contributed by atoms with Gasteiger partial charge in [0.2, 0.25) is 0 Å². The minimum atomic E-state index is -0.496. The van der Waals surface area contributed by atoms with Gasteiger partial charge in [0.1, 0.15) is 5.75 Å². The molecule has 1 aromatic rings. The predicted molar refractivity (Wildman–Crippen MR) is 113 cm³/mol. The topological polar surface area (TPSA) is 107 Å². The summed E-state index contributed by atoms with van der Waals surface area (Å²) in [5.74, 6) is 1.51. The van der Waals surface area contributed by atoms with Crippen LogP contribution in [0.5, 0.6) is 5.75 Å². The summed E-state index contributed by atoms with van der Waals surface area (Å²) in [4.78, 5) is 15.4. The molecule has 0 atom stereocenters. The molecule has 8 nitrogen and oxygen atoms in total. The number of hydrogen-bond donors (Lipinski definition) is 3. The lowest BCUT2D eigenvalue weighted by Gasteiger charge is -2.21. The van der Waals surface area contributed by atoms with Crippen LogP contribution in [0.4, 0.5) is 0 Å². The number of carbonyl (C=O) groups is 1. The first-order valence-electron chi connectivity index (χ1n) is 10.3. The number of ether oxygens (including phenoxy) is 3. The lowest BCUT2D eigenvalue weighted by molar-refractivity contribution is -0.119. The summed E-state index contributed by atoms with van der Waals surface area (Å²) in [7, 11) is 0. The van der Waals surface area contributed by atoms with Gasteiger partial charge in [-0.25, -0.2) is 4.99 Å². The number of guanidine groups is 1. The van der Waals surface area contributed by atoms with Crippen LogP contribution in [-0.4, -0.2) is 58.0 Å². The third-order valence-corrected chi connectivity index (χ3v) is 4.50. The molecule has 1 aliphatic heterocycles. The molecule has 2 rings (SSSR count). The van der Waals surface area contributed by atoms with Crippen LogP contribution in [0.2, 0.25) is 0 Å². The average Bonchev–Trinajstić information content (AvgIpc) is 2.74. The van der Waals surface area contributed by atoms with Crippen LogP contribution < -0.4 is 21.1 Å². The number of aliphatic imine (C=N–C) groups is 1. The highest BCUT2D eigenvalue weighted by Crippen LogP contribution is 2.15. The Morgan fingerprint density at radius 2 is 2.14 bits per heavy atom. The zero-order chi connectivity index (χ0) is 20.7. The molecule has 0 radical (unpaired) electrons. The molecule has 1 fully saturated rings. The summed E-state index contributed by atoms with van der Waals surface area (Å²) in [5.41, 5.74) is 6.10. The average molecular weight is 407 g/mol. The molecule has 29 heavy (non-hydrogen) atoms. The Morgan fingerprint density at radius 3 is 2.90 bits per heavy atom. The van der Waals surface area contributed by atoms with Crippen LogP contribution in [-0.2, 0) is 20.8 Å². The molecule has 8 heteroatoms. The molecule has 1 heterocycles. The Morgan fingerprint density at radius 1 is 1.31 bits per heavy atom. The molecule has 1 aliphatic rings. The van der Waals surface area contributed by atoms with Crippen molar-refractivity contribution in [1.29, 1.82) is 0 Å². The first kappa shape index (κ1) is 23.0. The first-order valence-corrected chi connectivity index (χ1v) is 10.3. The second kappa shape index (κ2) is 13.8. The maximum absolute atomic E-state index is 10.8. The van der Waals surface area contributed by atoms with Crippen molar-refractivity contribution >= 4 is 11.9 Å². The van der Waals surface area contributed by atoms with E-state index in [2.05, 4.69) is 15.6 Å². The minimum Gasteiger partial charge on any atom is -0.484 e. The molecule has 0 spiro atoms. The summed E-state index contributed by atoms with van der Waals surface area (Å²) in [6.45, 7) is 7.27. The van der Waals surface area contributed by atoms with E-state index >= 15 is 0 Å². The second-order valence-electron chi connectivity index (χ2n) is 7.01. The largest absolute Gasteiger partial charge is 0.484 e. The molecule has 1 aromatic carbocycles.